The van der Waals surface area contributed by atoms with Crippen molar-refractivity contribution in [2.24, 2.45) is 0 Å². The van der Waals surface area contributed by atoms with Gasteiger partial charge in [0.1, 0.15) is 5.91 Å². The zero-order valence-corrected chi connectivity index (χ0v) is 10.9. The number of nitrogens with zero attached hydrogens (tertiary/aromatic N) is 1. The highest BCUT2D eigenvalue weighted by Gasteiger charge is 2.11. The van der Waals surface area contributed by atoms with Gasteiger partial charge in [-0.25, -0.2) is 0 Å². The summed E-state index contributed by atoms with van der Waals surface area (Å²) in [5, 5.41) is 0. The normalized spacial score (nSPS) is 19.9. The van der Waals surface area contributed by atoms with Crippen LogP contribution in [0.25, 0.3) is 0 Å². The van der Waals surface area contributed by atoms with Crippen molar-refractivity contribution < 1.29 is 9.47 Å². The third-order valence-corrected chi connectivity index (χ3v) is 4.75. The predicted octanol–water partition coefficient (Wildman–Crippen LogP) is 0.636. The van der Waals surface area contributed by atoms with Crippen molar-refractivity contribution in [2.75, 3.05) is 33.9 Å². The van der Waals surface area contributed by atoms with Crippen LogP contribution in [0.4, 0.5) is 0 Å². The van der Waals surface area contributed by atoms with Gasteiger partial charge in [-0.15, -0.1) is 0 Å². The van der Waals surface area contributed by atoms with Crippen LogP contribution in [0.1, 0.15) is 19.3 Å². The summed E-state index contributed by atoms with van der Waals surface area (Å²) in [6, 6.07) is 1.31. The van der Waals surface area contributed by atoms with Crippen LogP contribution in [0.2, 0.25) is 6.04 Å². The molecule has 0 aromatic heterocycles. The van der Waals surface area contributed by atoms with Crippen LogP contribution in [0.5, 0.6) is 0 Å². The van der Waals surface area contributed by atoms with Gasteiger partial charge in [-0.1, -0.05) is 6.42 Å². The first kappa shape index (κ1) is 12.2. The molecule has 0 saturated carbocycles. The standard InChI is InChI=1S/C10H23NO2Si/c1-12-10(13-2)14-9-8-11-6-4-3-5-7-11/h10H,3-9,14H2,1-2H3. The largest absolute Gasteiger partial charge is 0.360 e. The Labute approximate surface area is 89.6 Å². The van der Waals surface area contributed by atoms with E-state index in [0.29, 0.717) is 0 Å². The second-order valence-electron chi connectivity index (χ2n) is 3.95. The molecular weight excluding hydrogens is 194 g/mol. The number of methoxy groups -OCH3 is 2. The molecule has 1 saturated heterocycles. The quantitative estimate of drug-likeness (QED) is 0.481. The van der Waals surface area contributed by atoms with Crippen molar-refractivity contribution in [3.8, 4) is 0 Å². The van der Waals surface area contributed by atoms with Crippen molar-refractivity contribution in [3.63, 3.8) is 0 Å². The smallest absolute Gasteiger partial charge is 0.134 e. The molecule has 0 unspecified atom stereocenters. The Hall–Kier alpha value is 0.0969. The lowest BCUT2D eigenvalue weighted by molar-refractivity contribution is -0.0442. The molecule has 0 radical (unpaired) electrons. The molecule has 1 heterocycles. The Morgan fingerprint density at radius 3 is 2.36 bits per heavy atom. The molecule has 1 aliphatic heterocycles. The van der Waals surface area contributed by atoms with E-state index in [9.17, 15) is 0 Å². The van der Waals surface area contributed by atoms with Gasteiger partial charge >= 0.3 is 0 Å². The van der Waals surface area contributed by atoms with E-state index >= 15 is 0 Å². The van der Waals surface area contributed by atoms with Gasteiger partial charge in [-0.05, 0) is 38.5 Å². The van der Waals surface area contributed by atoms with Crippen LogP contribution in [0, 0.1) is 0 Å². The van der Waals surface area contributed by atoms with E-state index in [1.807, 2.05) is 0 Å². The topological polar surface area (TPSA) is 21.7 Å². The number of likely N-dealkylation sites (tertiary alicyclic amines) is 1. The maximum atomic E-state index is 5.21. The zero-order chi connectivity index (χ0) is 10.2. The fraction of sp³-hybridized carbons (Fsp3) is 1.00. The number of piperidine rings is 1. The Balaban J connectivity index is 2.01. The fourth-order valence-corrected chi connectivity index (χ4v) is 3.43. The Kier molecular flexibility index (Phi) is 6.43. The second-order valence-corrected chi connectivity index (χ2v) is 5.90. The van der Waals surface area contributed by atoms with Crippen LogP contribution < -0.4 is 0 Å². The summed E-state index contributed by atoms with van der Waals surface area (Å²) in [6.07, 6.45) is 4.20. The molecule has 0 spiro atoms. The molecular formula is C10H23NO2Si. The molecule has 0 amide bonds. The minimum Gasteiger partial charge on any atom is -0.360 e. The molecule has 84 valence electrons. The number of rotatable bonds is 6. The molecule has 0 aromatic carbocycles. The van der Waals surface area contributed by atoms with Crippen molar-refractivity contribution >= 4 is 9.52 Å². The molecule has 1 fully saturated rings. The van der Waals surface area contributed by atoms with E-state index in [1.54, 1.807) is 14.2 Å². The van der Waals surface area contributed by atoms with Crippen molar-refractivity contribution in [3.05, 3.63) is 0 Å². The van der Waals surface area contributed by atoms with Crippen molar-refractivity contribution in [1.82, 2.24) is 4.90 Å². The van der Waals surface area contributed by atoms with E-state index in [0.717, 1.165) is 0 Å². The second kappa shape index (κ2) is 7.40. The lowest BCUT2D eigenvalue weighted by atomic mass is 10.1. The fourth-order valence-electron chi connectivity index (χ4n) is 2.00. The third kappa shape index (κ3) is 4.55. The molecule has 4 heteroatoms. The van der Waals surface area contributed by atoms with E-state index < -0.39 is 0 Å². The first-order chi connectivity index (χ1) is 6.86. The average Bonchev–Trinajstić information content (AvgIpc) is 2.26. The summed E-state index contributed by atoms with van der Waals surface area (Å²) in [6.45, 7) is 3.87. The molecule has 0 aromatic rings. The lowest BCUT2D eigenvalue weighted by Crippen LogP contribution is -2.32. The molecule has 0 bridgehead atoms. The van der Waals surface area contributed by atoms with Gasteiger partial charge in [0.25, 0.3) is 0 Å². The number of hydrogen-bond acceptors (Lipinski definition) is 3. The Morgan fingerprint density at radius 2 is 1.79 bits per heavy atom. The van der Waals surface area contributed by atoms with Crippen LogP contribution in [-0.2, 0) is 9.47 Å². The Bertz CT molecular complexity index is 136. The van der Waals surface area contributed by atoms with Crippen molar-refractivity contribution in [2.45, 2.75) is 31.2 Å². The Morgan fingerprint density at radius 1 is 1.14 bits per heavy atom. The first-order valence-electron chi connectivity index (χ1n) is 5.64. The van der Waals surface area contributed by atoms with E-state index in [4.69, 9.17) is 9.47 Å². The van der Waals surface area contributed by atoms with Crippen LogP contribution in [0.3, 0.4) is 0 Å². The highest BCUT2D eigenvalue weighted by molar-refractivity contribution is 6.36. The van der Waals surface area contributed by atoms with Gasteiger partial charge in [0.2, 0.25) is 0 Å². The maximum Gasteiger partial charge on any atom is 0.134 e. The average molecular weight is 217 g/mol. The van der Waals surface area contributed by atoms with Crippen LogP contribution >= 0.6 is 0 Å². The zero-order valence-electron chi connectivity index (χ0n) is 9.50. The minimum absolute atomic E-state index is 0.125. The van der Waals surface area contributed by atoms with E-state index in [-0.39, 0.29) is 15.4 Å². The van der Waals surface area contributed by atoms with Crippen LogP contribution in [-0.4, -0.2) is 54.2 Å². The minimum atomic E-state index is -0.206. The highest BCUT2D eigenvalue weighted by atomic mass is 28.2. The van der Waals surface area contributed by atoms with Gasteiger partial charge in [0, 0.05) is 14.2 Å². The summed E-state index contributed by atoms with van der Waals surface area (Å²) >= 11 is 0. The van der Waals surface area contributed by atoms with Gasteiger partial charge in [0.15, 0.2) is 0 Å². The SMILES string of the molecule is COC(OC)[SiH2]CCN1CCCCC1. The number of ether oxygens (including phenoxy) is 2. The molecule has 0 aliphatic carbocycles. The third-order valence-electron chi connectivity index (χ3n) is 2.89. The molecule has 0 atom stereocenters. The summed E-state index contributed by atoms with van der Waals surface area (Å²) < 4.78 is 10.4. The first-order valence-corrected chi connectivity index (χ1v) is 7.46. The number of hydrogen-bond donors (Lipinski definition) is 0. The summed E-state index contributed by atoms with van der Waals surface area (Å²) in [5.74, 6) is 0.125. The monoisotopic (exact) mass is 217 g/mol. The summed E-state index contributed by atoms with van der Waals surface area (Å²) in [4.78, 5) is 2.58. The van der Waals surface area contributed by atoms with Crippen LogP contribution in [0.15, 0.2) is 0 Å². The van der Waals surface area contributed by atoms with Gasteiger partial charge < -0.3 is 14.4 Å². The van der Waals surface area contributed by atoms with Gasteiger partial charge in [-0.2, -0.15) is 0 Å². The molecule has 14 heavy (non-hydrogen) atoms. The molecule has 0 N–H and O–H groups in total. The summed E-state index contributed by atoms with van der Waals surface area (Å²) in [7, 11) is 3.27. The lowest BCUT2D eigenvalue weighted by Gasteiger charge is -2.26. The maximum absolute atomic E-state index is 5.21. The molecule has 3 nitrogen and oxygen atoms in total. The molecule has 1 aliphatic rings. The van der Waals surface area contributed by atoms with E-state index in [2.05, 4.69) is 4.90 Å². The van der Waals surface area contributed by atoms with Gasteiger partial charge in [-0.3, -0.25) is 0 Å². The van der Waals surface area contributed by atoms with E-state index in [1.165, 1.54) is 44.9 Å². The summed E-state index contributed by atoms with van der Waals surface area (Å²) in [5.41, 5.74) is 0. The van der Waals surface area contributed by atoms with Crippen molar-refractivity contribution in [1.29, 1.82) is 0 Å². The highest BCUT2D eigenvalue weighted by Crippen LogP contribution is 2.08. The van der Waals surface area contributed by atoms with Gasteiger partial charge in [0.05, 0.1) is 9.52 Å². The molecule has 1 rings (SSSR count). The predicted molar refractivity (Wildman–Crippen MR) is 61.4 cm³/mol.